The summed E-state index contributed by atoms with van der Waals surface area (Å²) in [5.41, 5.74) is 1.40. The molecule has 2 aromatic rings. The van der Waals surface area contributed by atoms with Crippen molar-refractivity contribution in [3.05, 3.63) is 37.3 Å². The normalized spacial score (nSPS) is 14.8. The van der Waals surface area contributed by atoms with Crippen LogP contribution < -0.4 is 4.72 Å². The van der Waals surface area contributed by atoms with Gasteiger partial charge in [0.25, 0.3) is 0 Å². The Balaban J connectivity index is 1.71. The second-order valence-electron chi connectivity index (χ2n) is 4.40. The molecule has 0 unspecified atom stereocenters. The number of hydrogen-bond acceptors (Lipinski definition) is 4. The summed E-state index contributed by atoms with van der Waals surface area (Å²) in [7, 11) is -3.38. The number of nitrogens with one attached hydrogen (secondary N) is 1. The molecule has 0 radical (unpaired) electrons. The highest BCUT2D eigenvalue weighted by molar-refractivity contribution is 9.11. The first kappa shape index (κ1) is 13.8. The fourth-order valence-electron chi connectivity index (χ4n) is 2.16. The lowest BCUT2D eigenvalue weighted by Crippen LogP contribution is -2.21. The molecule has 1 N–H and O–H groups in total. The zero-order valence-electron chi connectivity index (χ0n) is 9.98. The van der Waals surface area contributed by atoms with Gasteiger partial charge in [0.15, 0.2) is 0 Å². The number of aryl methyl sites for hydroxylation is 2. The van der Waals surface area contributed by atoms with E-state index in [4.69, 9.17) is 0 Å². The van der Waals surface area contributed by atoms with Crippen LogP contribution in [0, 0.1) is 0 Å². The molecule has 7 heteroatoms. The van der Waals surface area contributed by atoms with E-state index in [9.17, 15) is 8.42 Å². The fraction of sp³-hybridized carbons (Fsp3) is 0.333. The van der Waals surface area contributed by atoms with Gasteiger partial charge < -0.3 is 0 Å². The van der Waals surface area contributed by atoms with Crippen LogP contribution in [0.2, 0.25) is 0 Å². The molecule has 0 aliphatic heterocycles. The minimum absolute atomic E-state index is 0.350. The summed E-state index contributed by atoms with van der Waals surface area (Å²) in [6.07, 6.45) is 3.51. The molecule has 3 nitrogen and oxygen atoms in total. The Morgan fingerprint density at radius 2 is 2.11 bits per heavy atom. The third-order valence-corrected chi connectivity index (χ3v) is 7.80. The van der Waals surface area contributed by atoms with E-state index in [-0.39, 0.29) is 0 Å². The van der Waals surface area contributed by atoms with Crippen molar-refractivity contribution in [1.29, 1.82) is 0 Å². The third kappa shape index (κ3) is 2.95. The maximum Gasteiger partial charge on any atom is 0.250 e. The van der Waals surface area contributed by atoms with Gasteiger partial charge >= 0.3 is 0 Å². The van der Waals surface area contributed by atoms with E-state index in [2.05, 4.69) is 26.7 Å². The molecule has 0 atom stereocenters. The van der Waals surface area contributed by atoms with Gasteiger partial charge in [-0.3, -0.25) is 0 Å². The van der Waals surface area contributed by atoms with Crippen LogP contribution in [0.4, 0.5) is 0 Å². The predicted molar refractivity (Wildman–Crippen MR) is 82.4 cm³/mol. The van der Waals surface area contributed by atoms with E-state index >= 15 is 0 Å². The van der Waals surface area contributed by atoms with E-state index in [1.165, 1.54) is 28.2 Å². The van der Waals surface area contributed by atoms with Crippen LogP contribution in [0.5, 0.6) is 0 Å². The average Bonchev–Trinajstić information content (AvgIpc) is 3.00. The van der Waals surface area contributed by atoms with Crippen molar-refractivity contribution >= 4 is 48.6 Å². The first-order valence-electron chi connectivity index (χ1n) is 5.90. The van der Waals surface area contributed by atoms with Crippen LogP contribution in [0.3, 0.4) is 0 Å². The standard InChI is InChI=1S/C12H12BrNO2S3/c13-11-4-5-12(18-11)19(15,16)14-7-9-6-8-2-1-3-10(8)17-9/h4-6,14H,1-3,7H2. The molecular formula is C12H12BrNO2S3. The van der Waals surface area contributed by atoms with Crippen molar-refractivity contribution in [1.82, 2.24) is 4.72 Å². The molecule has 0 saturated carbocycles. The molecule has 0 amide bonds. The maximum absolute atomic E-state index is 12.1. The van der Waals surface area contributed by atoms with Crippen molar-refractivity contribution in [3.8, 4) is 0 Å². The topological polar surface area (TPSA) is 46.2 Å². The van der Waals surface area contributed by atoms with Crippen LogP contribution in [0.25, 0.3) is 0 Å². The number of hydrogen-bond donors (Lipinski definition) is 1. The number of thiophene rings is 2. The first-order valence-corrected chi connectivity index (χ1v) is 9.81. The Kier molecular flexibility index (Phi) is 3.83. The minimum Gasteiger partial charge on any atom is -0.206 e. The number of halogens is 1. The smallest absolute Gasteiger partial charge is 0.206 e. The molecule has 2 heterocycles. The molecule has 19 heavy (non-hydrogen) atoms. The second-order valence-corrected chi connectivity index (χ2v) is 10.1. The summed E-state index contributed by atoms with van der Waals surface area (Å²) >= 11 is 6.23. The van der Waals surface area contributed by atoms with Crippen molar-refractivity contribution < 1.29 is 8.42 Å². The monoisotopic (exact) mass is 377 g/mol. The summed E-state index contributed by atoms with van der Waals surface area (Å²) in [4.78, 5) is 2.52. The zero-order chi connectivity index (χ0) is 13.5. The molecule has 1 aliphatic carbocycles. The lowest BCUT2D eigenvalue weighted by molar-refractivity contribution is 0.584. The van der Waals surface area contributed by atoms with Gasteiger partial charge in [-0.05, 0) is 59.0 Å². The average molecular weight is 378 g/mol. The molecular weight excluding hydrogens is 366 g/mol. The van der Waals surface area contributed by atoms with Gasteiger partial charge in [-0.2, -0.15) is 0 Å². The van der Waals surface area contributed by atoms with Gasteiger partial charge in [0, 0.05) is 16.3 Å². The second kappa shape index (κ2) is 5.29. The Morgan fingerprint density at radius 3 is 2.79 bits per heavy atom. The van der Waals surface area contributed by atoms with E-state index in [1.54, 1.807) is 23.5 Å². The highest BCUT2D eigenvalue weighted by Gasteiger charge is 2.18. The Hall–Kier alpha value is -0.210. The molecule has 0 bridgehead atoms. The minimum atomic E-state index is -3.38. The van der Waals surface area contributed by atoms with E-state index in [1.807, 2.05) is 0 Å². The third-order valence-electron chi connectivity index (χ3n) is 3.05. The molecule has 1 aliphatic rings. The van der Waals surface area contributed by atoms with Gasteiger partial charge in [0.2, 0.25) is 10.0 Å². The fourth-order valence-corrected chi connectivity index (χ4v) is 6.51. The summed E-state index contributed by atoms with van der Waals surface area (Å²) in [6.45, 7) is 0.384. The Labute approximate surface area is 128 Å². The Morgan fingerprint density at radius 1 is 1.26 bits per heavy atom. The van der Waals surface area contributed by atoms with Crippen molar-refractivity contribution in [2.24, 2.45) is 0 Å². The Bertz CT molecular complexity index is 681. The summed E-state index contributed by atoms with van der Waals surface area (Å²) in [5.74, 6) is 0. The van der Waals surface area contributed by atoms with E-state index in [0.717, 1.165) is 21.5 Å². The number of fused-ring (bicyclic) bond motifs is 1. The van der Waals surface area contributed by atoms with Crippen LogP contribution in [0.1, 0.15) is 21.7 Å². The van der Waals surface area contributed by atoms with E-state index in [0.29, 0.717) is 10.8 Å². The molecule has 102 valence electrons. The van der Waals surface area contributed by atoms with Gasteiger partial charge in [-0.15, -0.1) is 22.7 Å². The van der Waals surface area contributed by atoms with Crippen LogP contribution in [0.15, 0.2) is 26.2 Å². The lowest BCUT2D eigenvalue weighted by Gasteiger charge is -2.02. The summed E-state index contributed by atoms with van der Waals surface area (Å²) < 4.78 is 28.0. The van der Waals surface area contributed by atoms with Crippen LogP contribution in [-0.2, 0) is 29.4 Å². The molecule has 0 spiro atoms. The quantitative estimate of drug-likeness (QED) is 0.885. The van der Waals surface area contributed by atoms with Gasteiger partial charge in [-0.1, -0.05) is 0 Å². The van der Waals surface area contributed by atoms with Gasteiger partial charge in [0.1, 0.15) is 4.21 Å². The summed E-state index contributed by atoms with van der Waals surface area (Å²) in [6, 6.07) is 5.50. The SMILES string of the molecule is O=S(=O)(NCc1cc2c(s1)CCC2)c1ccc(Br)s1. The molecule has 0 saturated heterocycles. The largest absolute Gasteiger partial charge is 0.250 e. The first-order chi connectivity index (χ1) is 9.04. The van der Waals surface area contributed by atoms with Gasteiger partial charge in [-0.25, -0.2) is 13.1 Å². The highest BCUT2D eigenvalue weighted by Crippen LogP contribution is 2.31. The van der Waals surface area contributed by atoms with Crippen LogP contribution >= 0.6 is 38.6 Å². The maximum atomic E-state index is 12.1. The van der Waals surface area contributed by atoms with Crippen molar-refractivity contribution in [2.45, 2.75) is 30.0 Å². The molecule has 3 rings (SSSR count). The highest BCUT2D eigenvalue weighted by atomic mass is 79.9. The summed E-state index contributed by atoms with van der Waals surface area (Å²) in [5, 5.41) is 0. The van der Waals surface area contributed by atoms with Crippen molar-refractivity contribution in [3.63, 3.8) is 0 Å². The van der Waals surface area contributed by atoms with Crippen LogP contribution in [-0.4, -0.2) is 8.42 Å². The van der Waals surface area contributed by atoms with Crippen molar-refractivity contribution in [2.75, 3.05) is 0 Å². The lowest BCUT2D eigenvalue weighted by atomic mass is 10.2. The molecule has 2 aromatic heterocycles. The predicted octanol–water partition coefficient (Wildman–Crippen LogP) is 3.54. The molecule has 0 fully saturated rings. The van der Waals surface area contributed by atoms with Gasteiger partial charge in [0.05, 0.1) is 3.79 Å². The molecule has 0 aromatic carbocycles. The number of rotatable bonds is 4. The number of sulfonamides is 1. The van der Waals surface area contributed by atoms with E-state index < -0.39 is 10.0 Å². The zero-order valence-corrected chi connectivity index (χ0v) is 14.0.